The van der Waals surface area contributed by atoms with E-state index in [0.717, 1.165) is 17.1 Å². The predicted octanol–water partition coefficient (Wildman–Crippen LogP) is 2.17. The lowest BCUT2D eigenvalue weighted by Crippen LogP contribution is -2.57. The summed E-state index contributed by atoms with van der Waals surface area (Å²) in [6.45, 7) is 12.5. The molecule has 0 aliphatic carbocycles. The van der Waals surface area contributed by atoms with Crippen LogP contribution < -0.4 is 10.6 Å². The van der Waals surface area contributed by atoms with E-state index >= 15 is 0 Å². The number of amides is 2. The predicted molar refractivity (Wildman–Crippen MR) is 128 cm³/mol. The first-order valence-electron chi connectivity index (χ1n) is 11.6. The molecule has 1 saturated heterocycles. The quantitative estimate of drug-likeness (QED) is 0.594. The Morgan fingerprint density at radius 2 is 1.88 bits per heavy atom. The van der Waals surface area contributed by atoms with E-state index in [1.54, 1.807) is 6.20 Å². The van der Waals surface area contributed by atoms with Crippen LogP contribution in [0.4, 0.5) is 0 Å². The van der Waals surface area contributed by atoms with Crippen LogP contribution in [-0.4, -0.2) is 62.1 Å². The van der Waals surface area contributed by atoms with Crippen molar-refractivity contribution in [2.24, 2.45) is 5.41 Å². The van der Waals surface area contributed by atoms with Gasteiger partial charge in [0.25, 0.3) is 0 Å². The molecule has 180 valence electrons. The molecule has 0 bridgehead atoms. The first kappa shape index (κ1) is 24.9. The summed E-state index contributed by atoms with van der Waals surface area (Å²) in [5.41, 5.74) is 1.63. The van der Waals surface area contributed by atoms with E-state index in [2.05, 4.69) is 15.6 Å². The second-order valence-corrected chi connectivity index (χ2v) is 10.2. The fourth-order valence-electron chi connectivity index (χ4n) is 4.23. The normalized spacial score (nSPS) is 19.7. The van der Waals surface area contributed by atoms with Gasteiger partial charge in [-0.05, 0) is 30.0 Å². The van der Waals surface area contributed by atoms with E-state index in [0.29, 0.717) is 6.54 Å². The monoisotopic (exact) mass is 455 g/mol. The van der Waals surface area contributed by atoms with Gasteiger partial charge in [-0.25, -0.2) is 4.98 Å². The Balaban J connectivity index is 1.66. The number of rotatable bonds is 7. The number of nitrogens with zero attached hydrogens (tertiary/aromatic N) is 3. The SMILES string of the molecule is Cc1nccn1-c1ccc(CNC(=O)[C@@H]2C[C@@H](O)CN2C(=O)[C@@H](NC(C)C)C(C)(C)C)cc1. The van der Waals surface area contributed by atoms with Crippen molar-refractivity contribution in [3.8, 4) is 5.69 Å². The second-order valence-electron chi connectivity index (χ2n) is 10.2. The summed E-state index contributed by atoms with van der Waals surface area (Å²) in [6.07, 6.45) is 3.20. The zero-order valence-electron chi connectivity index (χ0n) is 20.5. The van der Waals surface area contributed by atoms with Crippen molar-refractivity contribution >= 4 is 11.8 Å². The summed E-state index contributed by atoms with van der Waals surface area (Å²) in [5.74, 6) is 0.515. The number of imidazole rings is 1. The van der Waals surface area contributed by atoms with Crippen LogP contribution in [0.25, 0.3) is 5.69 Å². The van der Waals surface area contributed by atoms with Gasteiger partial charge in [0.05, 0.1) is 12.1 Å². The highest BCUT2D eigenvalue weighted by molar-refractivity contribution is 5.91. The molecule has 1 fully saturated rings. The lowest BCUT2D eigenvalue weighted by Gasteiger charge is -2.36. The number of aliphatic hydroxyl groups excluding tert-OH is 1. The molecule has 0 radical (unpaired) electrons. The van der Waals surface area contributed by atoms with Gasteiger partial charge in [-0.1, -0.05) is 46.8 Å². The average molecular weight is 456 g/mol. The highest BCUT2D eigenvalue weighted by atomic mass is 16.3. The van der Waals surface area contributed by atoms with Crippen LogP contribution >= 0.6 is 0 Å². The number of benzene rings is 1. The van der Waals surface area contributed by atoms with Gasteiger partial charge in [-0.2, -0.15) is 0 Å². The number of β-amino-alcohol motifs (C(OH)–C–C–N with tert-alkyl or cyclic N) is 1. The third-order valence-corrected chi connectivity index (χ3v) is 5.98. The van der Waals surface area contributed by atoms with Crippen LogP contribution in [0.15, 0.2) is 36.7 Å². The maximum absolute atomic E-state index is 13.4. The Morgan fingerprint density at radius 1 is 1.21 bits per heavy atom. The Morgan fingerprint density at radius 3 is 2.42 bits per heavy atom. The van der Waals surface area contributed by atoms with Gasteiger partial charge in [-0.15, -0.1) is 0 Å². The molecule has 33 heavy (non-hydrogen) atoms. The molecule has 2 amide bonds. The van der Waals surface area contributed by atoms with Crippen LogP contribution in [-0.2, 0) is 16.1 Å². The molecule has 1 aromatic heterocycles. The number of carbonyl (C=O) groups excluding carboxylic acids is 2. The number of hydrogen-bond donors (Lipinski definition) is 3. The minimum absolute atomic E-state index is 0.118. The lowest BCUT2D eigenvalue weighted by atomic mass is 9.85. The number of aliphatic hydroxyl groups is 1. The number of hydrogen-bond acceptors (Lipinski definition) is 5. The van der Waals surface area contributed by atoms with Crippen LogP contribution in [0.2, 0.25) is 0 Å². The molecule has 3 rings (SSSR count). The molecule has 3 N–H and O–H groups in total. The zero-order valence-corrected chi connectivity index (χ0v) is 20.5. The largest absolute Gasteiger partial charge is 0.391 e. The first-order valence-corrected chi connectivity index (χ1v) is 11.6. The topological polar surface area (TPSA) is 99.5 Å². The molecule has 1 aliphatic heterocycles. The Labute approximate surface area is 196 Å². The van der Waals surface area contributed by atoms with E-state index in [1.165, 1.54) is 4.90 Å². The van der Waals surface area contributed by atoms with Crippen molar-refractivity contribution in [3.63, 3.8) is 0 Å². The number of nitrogens with one attached hydrogen (secondary N) is 2. The lowest BCUT2D eigenvalue weighted by molar-refractivity contribution is -0.142. The molecule has 2 aromatic rings. The third-order valence-electron chi connectivity index (χ3n) is 5.98. The van der Waals surface area contributed by atoms with Gasteiger partial charge in [0.2, 0.25) is 11.8 Å². The third kappa shape index (κ3) is 6.00. The molecular formula is C25H37N5O3. The maximum atomic E-state index is 13.4. The van der Waals surface area contributed by atoms with Gasteiger partial charge in [0.15, 0.2) is 0 Å². The second kappa shape index (κ2) is 10.1. The smallest absolute Gasteiger partial charge is 0.243 e. The van der Waals surface area contributed by atoms with Crippen LogP contribution in [0.1, 0.15) is 52.4 Å². The number of aromatic nitrogens is 2. The Kier molecular flexibility index (Phi) is 7.59. The summed E-state index contributed by atoms with van der Waals surface area (Å²) in [4.78, 5) is 32.2. The van der Waals surface area contributed by atoms with Crippen LogP contribution in [0.5, 0.6) is 0 Å². The van der Waals surface area contributed by atoms with Gasteiger partial charge < -0.3 is 25.2 Å². The van der Waals surface area contributed by atoms with Crippen molar-refractivity contribution in [1.82, 2.24) is 25.1 Å². The minimum Gasteiger partial charge on any atom is -0.391 e. The van der Waals surface area contributed by atoms with Crippen molar-refractivity contribution in [1.29, 1.82) is 0 Å². The minimum atomic E-state index is -0.706. The summed E-state index contributed by atoms with van der Waals surface area (Å²) in [6, 6.07) is 6.88. The van der Waals surface area contributed by atoms with Crippen molar-refractivity contribution in [3.05, 3.63) is 48.0 Å². The first-order chi connectivity index (χ1) is 15.5. The van der Waals surface area contributed by atoms with Crippen LogP contribution in [0.3, 0.4) is 0 Å². The van der Waals surface area contributed by atoms with Gasteiger partial charge in [0, 0.05) is 43.6 Å². The van der Waals surface area contributed by atoms with Crippen molar-refractivity contribution in [2.45, 2.75) is 78.7 Å². The van der Waals surface area contributed by atoms with E-state index in [-0.39, 0.29) is 36.2 Å². The molecule has 8 nitrogen and oxygen atoms in total. The average Bonchev–Trinajstić information content (AvgIpc) is 3.35. The molecule has 1 aliphatic rings. The van der Waals surface area contributed by atoms with E-state index in [9.17, 15) is 14.7 Å². The van der Waals surface area contributed by atoms with Crippen LogP contribution in [0, 0.1) is 12.3 Å². The zero-order chi connectivity index (χ0) is 24.3. The summed E-state index contributed by atoms with van der Waals surface area (Å²) < 4.78 is 1.99. The van der Waals surface area contributed by atoms with Gasteiger partial charge in [0.1, 0.15) is 11.9 Å². The fraction of sp³-hybridized carbons (Fsp3) is 0.560. The molecule has 0 saturated carbocycles. The standard InChI is InChI=1S/C25H37N5O3/c1-16(2)28-22(25(4,5)6)24(33)30-15-20(31)13-21(30)23(32)27-14-18-7-9-19(10-8-18)29-12-11-26-17(29)3/h7-12,16,20-22,28,31H,13-15H2,1-6H3,(H,27,32)/t20-,21+,22-/m1/s1. The number of likely N-dealkylation sites (tertiary alicyclic amines) is 1. The van der Waals surface area contributed by atoms with Gasteiger partial charge in [-0.3, -0.25) is 9.59 Å². The highest BCUT2D eigenvalue weighted by Gasteiger charge is 2.43. The molecule has 1 aromatic carbocycles. The molecule has 8 heteroatoms. The Hall–Kier alpha value is -2.71. The van der Waals surface area contributed by atoms with E-state index in [4.69, 9.17) is 0 Å². The summed E-state index contributed by atoms with van der Waals surface area (Å²) in [5, 5.41) is 16.5. The molecule has 3 atom stereocenters. The maximum Gasteiger partial charge on any atom is 0.243 e. The summed E-state index contributed by atoms with van der Waals surface area (Å²) >= 11 is 0. The van der Waals surface area contributed by atoms with E-state index < -0.39 is 18.2 Å². The molecular weight excluding hydrogens is 418 g/mol. The molecule has 0 spiro atoms. The number of carbonyl (C=O) groups is 2. The fourth-order valence-corrected chi connectivity index (χ4v) is 4.23. The van der Waals surface area contributed by atoms with E-state index in [1.807, 2.05) is 76.6 Å². The van der Waals surface area contributed by atoms with Gasteiger partial charge >= 0.3 is 0 Å². The number of aryl methyl sites for hydroxylation is 1. The summed E-state index contributed by atoms with van der Waals surface area (Å²) in [7, 11) is 0. The molecule has 0 unspecified atom stereocenters. The molecule has 2 heterocycles. The van der Waals surface area contributed by atoms with Crippen molar-refractivity contribution in [2.75, 3.05) is 6.54 Å². The van der Waals surface area contributed by atoms with Crippen molar-refractivity contribution < 1.29 is 14.7 Å². The Bertz CT molecular complexity index is 961. The highest BCUT2D eigenvalue weighted by Crippen LogP contribution is 2.26.